The van der Waals surface area contributed by atoms with Gasteiger partial charge in [0, 0.05) is 44.4 Å². The first-order valence-corrected chi connectivity index (χ1v) is 12.2. The van der Waals surface area contributed by atoms with Gasteiger partial charge in [0.25, 0.3) is 5.92 Å². The van der Waals surface area contributed by atoms with Crippen LogP contribution in [0.1, 0.15) is 79.6 Å². The number of rotatable bonds is 3. The molecule has 0 bridgehead atoms. The van der Waals surface area contributed by atoms with E-state index in [0.717, 1.165) is 0 Å². The Hall–Kier alpha value is -1.73. The monoisotopic (exact) mass is 470 g/mol. The summed E-state index contributed by atoms with van der Waals surface area (Å²) in [5, 5.41) is 0. The van der Waals surface area contributed by atoms with E-state index in [9.17, 15) is 14.4 Å². The third-order valence-electron chi connectivity index (χ3n) is 9.52. The molecule has 0 radical (unpaired) electrons. The quantitative estimate of drug-likeness (QED) is 0.440. The summed E-state index contributed by atoms with van der Waals surface area (Å²) in [6.45, 7) is 7.74. The van der Waals surface area contributed by atoms with Gasteiger partial charge < -0.3 is 14.2 Å². The standard InChI is InChI=1S/C25H36F2O6/c1-13(28)31-17-6-8-23(4)16(10-17)11-20(33-15(3)30)21-18(23)12-25(26,27)24(5)9-7-19(22(21)24)32-14(2)29/h16-22H,6-12H2,1-5H3/t16-,17+,18+,19+,20+,21+,22+,23+,24-/m1/s1. The summed E-state index contributed by atoms with van der Waals surface area (Å²) in [7, 11) is 0. The van der Waals surface area contributed by atoms with Crippen LogP contribution in [0.4, 0.5) is 8.78 Å². The summed E-state index contributed by atoms with van der Waals surface area (Å²) in [5.74, 6) is -5.45. The highest BCUT2D eigenvalue weighted by Crippen LogP contribution is 2.70. The number of carbonyl (C=O) groups excluding carboxylic acids is 3. The average molecular weight is 471 g/mol. The molecule has 33 heavy (non-hydrogen) atoms. The number of alkyl halides is 2. The topological polar surface area (TPSA) is 78.9 Å². The van der Waals surface area contributed by atoms with E-state index >= 15 is 8.78 Å². The minimum Gasteiger partial charge on any atom is -0.463 e. The molecule has 4 aliphatic carbocycles. The molecular formula is C25H36F2O6. The SMILES string of the molecule is CC(=O)O[C@H]1CC[C@@]2(C)[C@H](C1)C[C@H](OC(C)=O)[C@H]1[C@@H]3[C@@H](OC(C)=O)CC[C@@]3(C)C(F)(F)C[C@@H]12. The summed E-state index contributed by atoms with van der Waals surface area (Å²) in [6.07, 6.45) is 1.44. The summed E-state index contributed by atoms with van der Waals surface area (Å²) in [4.78, 5) is 35.4. The van der Waals surface area contributed by atoms with Crippen molar-refractivity contribution in [2.45, 2.75) is 104 Å². The molecule has 0 aromatic carbocycles. The number of halogens is 2. The lowest BCUT2D eigenvalue weighted by Crippen LogP contribution is -2.65. The zero-order valence-corrected chi connectivity index (χ0v) is 20.2. The van der Waals surface area contributed by atoms with Crippen molar-refractivity contribution in [1.82, 2.24) is 0 Å². The molecule has 0 aromatic heterocycles. The van der Waals surface area contributed by atoms with Gasteiger partial charge in [0.1, 0.15) is 18.3 Å². The van der Waals surface area contributed by atoms with Gasteiger partial charge in [-0.3, -0.25) is 14.4 Å². The van der Waals surface area contributed by atoms with Crippen LogP contribution in [-0.4, -0.2) is 42.1 Å². The van der Waals surface area contributed by atoms with Crippen molar-refractivity contribution in [3.63, 3.8) is 0 Å². The predicted molar refractivity (Wildman–Crippen MR) is 114 cm³/mol. The zero-order valence-electron chi connectivity index (χ0n) is 20.2. The van der Waals surface area contributed by atoms with Gasteiger partial charge in [-0.25, -0.2) is 8.78 Å². The molecule has 0 unspecified atom stereocenters. The minimum absolute atomic E-state index is 0.00469. The lowest BCUT2D eigenvalue weighted by Gasteiger charge is -2.63. The molecule has 4 rings (SSSR count). The smallest absolute Gasteiger partial charge is 0.302 e. The fraction of sp³-hybridized carbons (Fsp3) is 0.880. The summed E-state index contributed by atoms with van der Waals surface area (Å²) >= 11 is 0. The molecule has 6 nitrogen and oxygen atoms in total. The average Bonchev–Trinajstić information content (AvgIpc) is 3.00. The number of fused-ring (bicyclic) bond motifs is 5. The van der Waals surface area contributed by atoms with Gasteiger partial charge in [-0.15, -0.1) is 0 Å². The Balaban J connectivity index is 1.75. The number of esters is 3. The van der Waals surface area contributed by atoms with Crippen molar-refractivity contribution < 1.29 is 37.4 Å². The highest BCUT2D eigenvalue weighted by molar-refractivity contribution is 5.67. The van der Waals surface area contributed by atoms with E-state index in [-0.39, 0.29) is 42.7 Å². The second-order valence-corrected chi connectivity index (χ2v) is 11.3. The van der Waals surface area contributed by atoms with E-state index < -0.39 is 46.8 Å². The molecular weight excluding hydrogens is 434 g/mol. The van der Waals surface area contributed by atoms with Crippen molar-refractivity contribution in [3.05, 3.63) is 0 Å². The fourth-order valence-electron chi connectivity index (χ4n) is 8.06. The van der Waals surface area contributed by atoms with Gasteiger partial charge in [0.15, 0.2) is 0 Å². The van der Waals surface area contributed by atoms with Crippen LogP contribution in [0.15, 0.2) is 0 Å². The molecule has 0 N–H and O–H groups in total. The predicted octanol–water partition coefficient (Wildman–Crippen LogP) is 4.68. The van der Waals surface area contributed by atoms with E-state index in [2.05, 4.69) is 6.92 Å². The van der Waals surface area contributed by atoms with Crippen LogP contribution in [-0.2, 0) is 28.6 Å². The Kier molecular flexibility index (Phi) is 6.06. The normalized spacial score (nSPS) is 45.7. The van der Waals surface area contributed by atoms with Crippen molar-refractivity contribution in [2.24, 2.45) is 34.5 Å². The van der Waals surface area contributed by atoms with E-state index in [1.807, 2.05) is 0 Å². The van der Waals surface area contributed by atoms with Gasteiger partial charge in [0.2, 0.25) is 0 Å². The van der Waals surface area contributed by atoms with Crippen LogP contribution in [0, 0.1) is 34.5 Å². The van der Waals surface area contributed by atoms with Crippen molar-refractivity contribution in [2.75, 3.05) is 0 Å². The molecule has 0 heterocycles. The molecule has 186 valence electrons. The Morgan fingerprint density at radius 2 is 1.42 bits per heavy atom. The Bertz CT molecular complexity index is 830. The molecule has 0 amide bonds. The Morgan fingerprint density at radius 3 is 2.03 bits per heavy atom. The van der Waals surface area contributed by atoms with Crippen LogP contribution in [0.2, 0.25) is 0 Å². The van der Waals surface area contributed by atoms with Crippen LogP contribution in [0.5, 0.6) is 0 Å². The van der Waals surface area contributed by atoms with E-state index in [1.54, 1.807) is 6.92 Å². The van der Waals surface area contributed by atoms with E-state index in [0.29, 0.717) is 32.1 Å². The second-order valence-electron chi connectivity index (χ2n) is 11.3. The number of hydrogen-bond acceptors (Lipinski definition) is 6. The fourth-order valence-corrected chi connectivity index (χ4v) is 8.06. The first-order chi connectivity index (χ1) is 15.3. The highest BCUT2D eigenvalue weighted by Gasteiger charge is 2.72. The van der Waals surface area contributed by atoms with Crippen molar-refractivity contribution >= 4 is 17.9 Å². The second kappa shape index (κ2) is 8.19. The highest BCUT2D eigenvalue weighted by atomic mass is 19.3. The molecule has 0 spiro atoms. The maximum absolute atomic E-state index is 15.9. The summed E-state index contributed by atoms with van der Waals surface area (Å²) in [5.41, 5.74) is -1.71. The van der Waals surface area contributed by atoms with Gasteiger partial charge in [-0.05, 0) is 55.8 Å². The van der Waals surface area contributed by atoms with E-state index in [4.69, 9.17) is 14.2 Å². The van der Waals surface area contributed by atoms with Gasteiger partial charge in [0.05, 0.1) is 0 Å². The number of carbonyl (C=O) groups is 3. The van der Waals surface area contributed by atoms with Crippen LogP contribution >= 0.6 is 0 Å². The van der Waals surface area contributed by atoms with Crippen LogP contribution < -0.4 is 0 Å². The molecule has 0 saturated heterocycles. The third-order valence-corrected chi connectivity index (χ3v) is 9.52. The Labute approximate surface area is 194 Å². The third kappa shape index (κ3) is 3.95. The van der Waals surface area contributed by atoms with Crippen molar-refractivity contribution in [1.29, 1.82) is 0 Å². The molecule has 8 heteroatoms. The van der Waals surface area contributed by atoms with Gasteiger partial charge in [-0.2, -0.15) is 0 Å². The van der Waals surface area contributed by atoms with E-state index in [1.165, 1.54) is 20.8 Å². The largest absolute Gasteiger partial charge is 0.463 e. The first-order valence-electron chi connectivity index (χ1n) is 12.2. The van der Waals surface area contributed by atoms with Crippen LogP contribution in [0.25, 0.3) is 0 Å². The van der Waals surface area contributed by atoms with Gasteiger partial charge in [-0.1, -0.05) is 13.8 Å². The van der Waals surface area contributed by atoms with Crippen LogP contribution in [0.3, 0.4) is 0 Å². The lowest BCUT2D eigenvalue weighted by atomic mass is 9.43. The first kappa shape index (κ1) is 24.4. The number of ether oxygens (including phenoxy) is 3. The molecule has 0 aromatic rings. The molecule has 4 aliphatic rings. The summed E-state index contributed by atoms with van der Waals surface area (Å²) in [6, 6.07) is 0. The molecule has 0 aliphatic heterocycles. The molecule has 4 fully saturated rings. The zero-order chi connectivity index (χ0) is 24.3. The number of hydrogen-bond donors (Lipinski definition) is 0. The maximum atomic E-state index is 15.9. The maximum Gasteiger partial charge on any atom is 0.302 e. The minimum atomic E-state index is -2.92. The lowest BCUT2D eigenvalue weighted by molar-refractivity contribution is -0.264. The molecule has 4 saturated carbocycles. The summed E-state index contributed by atoms with van der Waals surface area (Å²) < 4.78 is 48.6. The van der Waals surface area contributed by atoms with Gasteiger partial charge >= 0.3 is 17.9 Å². The molecule has 9 atom stereocenters. The van der Waals surface area contributed by atoms with Crippen molar-refractivity contribution in [3.8, 4) is 0 Å². The Morgan fingerprint density at radius 1 is 0.818 bits per heavy atom.